The van der Waals surface area contributed by atoms with E-state index in [4.69, 9.17) is 16.7 Å². The Morgan fingerprint density at radius 1 is 1.44 bits per heavy atom. The minimum Gasteiger partial charge on any atom is -0.481 e. The highest BCUT2D eigenvalue weighted by Gasteiger charge is 2.60. The lowest BCUT2D eigenvalue weighted by Crippen LogP contribution is -2.03. The van der Waals surface area contributed by atoms with Gasteiger partial charge in [-0.1, -0.05) is 65.7 Å². The van der Waals surface area contributed by atoms with Gasteiger partial charge in [0.1, 0.15) is 0 Å². The summed E-state index contributed by atoms with van der Waals surface area (Å²) in [5.74, 6) is -1.01. The van der Waals surface area contributed by atoms with E-state index in [2.05, 4.69) is 15.9 Å². The van der Waals surface area contributed by atoms with E-state index in [9.17, 15) is 4.79 Å². The van der Waals surface area contributed by atoms with Crippen LogP contribution in [0, 0.1) is 17.3 Å². The number of rotatable bonds is 3. The van der Waals surface area contributed by atoms with Crippen molar-refractivity contribution >= 4 is 38.0 Å². The third-order valence-corrected chi connectivity index (χ3v) is 4.65. The summed E-state index contributed by atoms with van der Waals surface area (Å²) in [5, 5.41) is 9.79. The molecule has 4 heteroatoms. The smallest absolute Gasteiger partial charge is 0.307 e. The molecule has 2 nitrogen and oxygen atoms in total. The van der Waals surface area contributed by atoms with Gasteiger partial charge >= 0.3 is 5.97 Å². The second-order valence-corrected chi connectivity index (χ2v) is 6.42. The fourth-order valence-electron chi connectivity index (χ4n) is 2.36. The molecule has 0 aromatic heterocycles. The summed E-state index contributed by atoms with van der Waals surface area (Å²) in [6.07, 6.45) is 1.96. The molecule has 96 valence electrons. The Balaban J connectivity index is 2.26. The predicted octanol–water partition coefficient (Wildman–Crippen LogP) is 4.43. The fourth-order valence-corrected chi connectivity index (χ4v) is 3.34. The fraction of sp³-hybridized carbons (Fsp3) is 0.357. The molecule has 2 atom stereocenters. The Kier molecular flexibility index (Phi) is 3.56. The average Bonchev–Trinajstić information content (AvgIpc) is 2.80. The van der Waals surface area contributed by atoms with Crippen molar-refractivity contribution in [1.29, 1.82) is 0 Å². The molecule has 1 aliphatic rings. The van der Waals surface area contributed by atoms with Crippen LogP contribution in [0.5, 0.6) is 0 Å². The lowest BCUT2D eigenvalue weighted by molar-refractivity contribution is -0.139. The van der Waals surface area contributed by atoms with Crippen LogP contribution in [0.3, 0.4) is 0 Å². The maximum Gasteiger partial charge on any atom is 0.307 e. The monoisotopic (exact) mass is 328 g/mol. The minimum absolute atomic E-state index is 0.0423. The Bertz CT molecular complexity index is 522. The van der Waals surface area contributed by atoms with Crippen LogP contribution in [0.25, 0.3) is 4.48 Å². The zero-order valence-electron chi connectivity index (χ0n) is 10.2. The molecule has 1 aromatic rings. The molecule has 1 aromatic carbocycles. The number of allylic oxidation sites excluding steroid dienone is 1. The molecule has 2 rings (SSSR count). The SMILES string of the molecule is CC1(C)[C@H](/C=C(\Br)c2ccccc2Cl)[C@H]1C(=O)O. The quantitative estimate of drug-likeness (QED) is 0.890. The predicted molar refractivity (Wildman–Crippen MR) is 76.8 cm³/mol. The second-order valence-electron chi connectivity index (χ2n) is 5.16. The van der Waals surface area contributed by atoms with E-state index >= 15 is 0 Å². The first-order valence-electron chi connectivity index (χ1n) is 5.70. The van der Waals surface area contributed by atoms with E-state index < -0.39 is 5.97 Å². The number of hydrogen-bond acceptors (Lipinski definition) is 1. The highest BCUT2D eigenvalue weighted by molar-refractivity contribution is 9.15. The Morgan fingerprint density at radius 3 is 2.56 bits per heavy atom. The molecule has 1 aliphatic carbocycles. The van der Waals surface area contributed by atoms with Gasteiger partial charge in [-0.05, 0) is 17.4 Å². The summed E-state index contributed by atoms with van der Waals surface area (Å²) in [4.78, 5) is 11.1. The van der Waals surface area contributed by atoms with Crippen LogP contribution in [0.2, 0.25) is 5.02 Å². The second kappa shape index (κ2) is 4.71. The van der Waals surface area contributed by atoms with Gasteiger partial charge in [-0.25, -0.2) is 0 Å². The molecule has 0 bridgehead atoms. The molecule has 0 saturated heterocycles. The van der Waals surface area contributed by atoms with Gasteiger partial charge in [0.05, 0.1) is 5.92 Å². The minimum atomic E-state index is -0.735. The summed E-state index contributed by atoms with van der Waals surface area (Å²) in [6, 6.07) is 7.50. The Labute approximate surface area is 120 Å². The summed E-state index contributed by atoms with van der Waals surface area (Å²) in [6.45, 7) is 3.94. The summed E-state index contributed by atoms with van der Waals surface area (Å²) < 4.78 is 0.856. The third kappa shape index (κ3) is 2.34. The first kappa shape index (κ1) is 13.6. The zero-order chi connectivity index (χ0) is 13.5. The van der Waals surface area contributed by atoms with Gasteiger partial charge in [0.25, 0.3) is 0 Å². The van der Waals surface area contributed by atoms with Crippen molar-refractivity contribution in [3.8, 4) is 0 Å². The number of aliphatic carboxylic acids is 1. The molecule has 0 unspecified atom stereocenters. The van der Waals surface area contributed by atoms with Gasteiger partial charge in [-0.3, -0.25) is 4.79 Å². The molecule has 0 spiro atoms. The van der Waals surface area contributed by atoms with E-state index in [1.165, 1.54) is 0 Å². The Hall–Kier alpha value is -0.800. The van der Waals surface area contributed by atoms with Gasteiger partial charge in [-0.2, -0.15) is 0 Å². The van der Waals surface area contributed by atoms with Crippen molar-refractivity contribution in [3.63, 3.8) is 0 Å². The maximum absolute atomic E-state index is 11.1. The van der Waals surface area contributed by atoms with Crippen LogP contribution in [-0.4, -0.2) is 11.1 Å². The van der Waals surface area contributed by atoms with Crippen molar-refractivity contribution in [2.24, 2.45) is 17.3 Å². The summed E-state index contributed by atoms with van der Waals surface area (Å²) in [7, 11) is 0. The van der Waals surface area contributed by atoms with Gasteiger partial charge in [-0.15, -0.1) is 0 Å². The molecule has 18 heavy (non-hydrogen) atoms. The zero-order valence-corrected chi connectivity index (χ0v) is 12.5. The molecule has 1 fully saturated rings. The molecule has 0 aliphatic heterocycles. The van der Waals surface area contributed by atoms with Crippen LogP contribution in [0.15, 0.2) is 30.3 Å². The highest BCUT2D eigenvalue weighted by Crippen LogP contribution is 2.60. The van der Waals surface area contributed by atoms with Gasteiger partial charge in [0.15, 0.2) is 0 Å². The first-order valence-corrected chi connectivity index (χ1v) is 6.88. The summed E-state index contributed by atoms with van der Waals surface area (Å²) >= 11 is 9.60. The van der Waals surface area contributed by atoms with Crippen LogP contribution in [0.4, 0.5) is 0 Å². The van der Waals surface area contributed by atoms with E-state index in [-0.39, 0.29) is 17.3 Å². The molecule has 1 saturated carbocycles. The van der Waals surface area contributed by atoms with Gasteiger partial charge < -0.3 is 5.11 Å². The van der Waals surface area contributed by atoms with Crippen molar-refractivity contribution in [1.82, 2.24) is 0 Å². The average molecular weight is 330 g/mol. The lowest BCUT2D eigenvalue weighted by atomic mass is 10.1. The van der Waals surface area contributed by atoms with E-state index in [1.54, 1.807) is 0 Å². The molecule has 0 amide bonds. The van der Waals surface area contributed by atoms with Gasteiger partial charge in [0, 0.05) is 15.1 Å². The maximum atomic E-state index is 11.1. The lowest BCUT2D eigenvalue weighted by Gasteiger charge is -2.03. The molecule has 1 N–H and O–H groups in total. The van der Waals surface area contributed by atoms with Crippen molar-refractivity contribution in [2.45, 2.75) is 13.8 Å². The van der Waals surface area contributed by atoms with Crippen molar-refractivity contribution in [2.75, 3.05) is 0 Å². The standard InChI is InChI=1S/C14H14BrClO2/c1-14(2)9(12(14)13(17)18)7-10(15)8-5-3-4-6-11(8)16/h3-7,9,12H,1-2H3,(H,17,18)/b10-7-/t9-,12+/m1/s1. The molecule has 0 heterocycles. The normalized spacial score (nSPS) is 25.9. The summed E-state index contributed by atoms with van der Waals surface area (Å²) in [5.41, 5.74) is 0.706. The van der Waals surface area contributed by atoms with Crippen LogP contribution < -0.4 is 0 Å². The first-order chi connectivity index (χ1) is 8.35. The topological polar surface area (TPSA) is 37.3 Å². The Morgan fingerprint density at radius 2 is 2.06 bits per heavy atom. The number of carboxylic acids is 1. The number of halogens is 2. The van der Waals surface area contributed by atoms with Gasteiger partial charge in [0.2, 0.25) is 0 Å². The van der Waals surface area contributed by atoms with E-state index in [0.29, 0.717) is 5.02 Å². The molecular weight excluding hydrogens is 316 g/mol. The number of carboxylic acid groups (broad SMARTS) is 1. The van der Waals surface area contributed by atoms with Crippen molar-refractivity contribution < 1.29 is 9.90 Å². The van der Waals surface area contributed by atoms with Crippen LogP contribution >= 0.6 is 27.5 Å². The van der Waals surface area contributed by atoms with Crippen LogP contribution in [-0.2, 0) is 4.79 Å². The number of carbonyl (C=O) groups is 1. The number of benzene rings is 1. The van der Waals surface area contributed by atoms with Crippen LogP contribution in [0.1, 0.15) is 19.4 Å². The highest BCUT2D eigenvalue weighted by atomic mass is 79.9. The third-order valence-electron chi connectivity index (χ3n) is 3.63. The molecule has 0 radical (unpaired) electrons. The van der Waals surface area contributed by atoms with E-state index in [0.717, 1.165) is 10.0 Å². The number of hydrogen-bond donors (Lipinski definition) is 1. The van der Waals surface area contributed by atoms with Crippen molar-refractivity contribution in [3.05, 3.63) is 40.9 Å². The van der Waals surface area contributed by atoms with E-state index in [1.807, 2.05) is 44.2 Å². The largest absolute Gasteiger partial charge is 0.481 e. The molecular formula is C14H14BrClO2.